The number of amides is 7. The molecule has 8 N–H and O–H groups in total. The normalized spacial score (nSPS) is 14.8. The van der Waals surface area contributed by atoms with Crippen molar-refractivity contribution in [3.05, 3.63) is 63.0 Å². The molecule has 2 aromatic heterocycles. The number of esters is 1. The maximum Gasteiger partial charge on any atom is 0.340 e. The average Bonchev–Trinajstić information content (AvgIpc) is 1.60. The minimum absolute atomic E-state index is 0.00356. The van der Waals surface area contributed by atoms with Crippen LogP contribution in [0, 0.1) is 5.92 Å². The summed E-state index contributed by atoms with van der Waals surface area (Å²) < 4.78 is 83.9. The van der Waals surface area contributed by atoms with Crippen LogP contribution in [0.2, 0.25) is 0 Å². The summed E-state index contributed by atoms with van der Waals surface area (Å²) in [5, 5.41) is 25.0. The molecule has 34 nitrogen and oxygen atoms in total. The smallest absolute Gasteiger partial charge is 0.340 e. The number of aromatic nitrogens is 2. The number of nitrogens with one attached hydrogen (secondary N) is 5. The molecule has 7 rings (SSSR count). The molecule has 560 valence electrons. The number of benzene rings is 1. The first kappa shape index (κ1) is 80.6. The average molecular weight is 1430 g/mol. The number of carbonyl (C=O) groups excluding carboxylic acids is 8. The summed E-state index contributed by atoms with van der Waals surface area (Å²) in [7, 11) is 0. The van der Waals surface area contributed by atoms with Crippen LogP contribution in [-0.2, 0) is 120 Å². The minimum Gasteiger partial charge on any atom is -0.458 e. The van der Waals surface area contributed by atoms with Gasteiger partial charge in [-0.2, -0.15) is 0 Å². The Morgan fingerprint density at radius 2 is 1.10 bits per heavy atom. The number of aliphatic hydroxyl groups excluding tert-OH is 1. The molecule has 0 spiro atoms. The Hall–Kier alpha value is -7.68. The molecule has 0 saturated carbocycles. The number of cyclic esters (lactones) is 1. The third kappa shape index (κ3) is 27.2. The quantitative estimate of drug-likeness (QED) is 0.0154. The van der Waals surface area contributed by atoms with Crippen LogP contribution < -0.4 is 47.4 Å². The molecule has 0 unspecified atom stereocenters. The van der Waals surface area contributed by atoms with E-state index >= 15 is 0 Å². The zero-order valence-corrected chi connectivity index (χ0v) is 57.5. The van der Waals surface area contributed by atoms with Gasteiger partial charge in [-0.1, -0.05) is 13.8 Å². The number of fused-ring (bicyclic) bond motifs is 6. The molecule has 6 heterocycles. The number of hydrogen-bond donors (Lipinski definition) is 7. The van der Waals surface area contributed by atoms with Crippen molar-refractivity contribution >= 4 is 58.2 Å². The second-order valence-corrected chi connectivity index (χ2v) is 23.5. The van der Waals surface area contributed by atoms with Gasteiger partial charge in [0.2, 0.25) is 36.3 Å². The summed E-state index contributed by atoms with van der Waals surface area (Å²) in [6.07, 6.45) is 1.99. The van der Waals surface area contributed by atoms with E-state index in [1.807, 2.05) is 0 Å². The molecule has 0 saturated heterocycles. The highest BCUT2D eigenvalue weighted by molar-refractivity contribution is 6.13. The molecule has 34 heteroatoms. The second-order valence-electron chi connectivity index (χ2n) is 23.5. The van der Waals surface area contributed by atoms with Gasteiger partial charge < -0.3 is 113 Å². The van der Waals surface area contributed by atoms with Gasteiger partial charge in [0, 0.05) is 67.2 Å². The lowest BCUT2D eigenvalue weighted by atomic mass is 9.98. The Morgan fingerprint density at radius 3 is 1.62 bits per heavy atom. The van der Waals surface area contributed by atoms with E-state index in [0.717, 1.165) is 4.90 Å². The summed E-state index contributed by atoms with van der Waals surface area (Å²) in [6.45, 7) is 12.4. The Bertz CT molecular complexity index is 3240. The Morgan fingerprint density at radius 1 is 0.584 bits per heavy atom. The first-order chi connectivity index (χ1) is 49.1. The van der Waals surface area contributed by atoms with Gasteiger partial charge >= 0.3 is 5.97 Å². The molecule has 101 heavy (non-hydrogen) atoms. The number of pyridine rings is 2. The van der Waals surface area contributed by atoms with Crippen molar-refractivity contribution in [1.29, 1.82) is 0 Å². The van der Waals surface area contributed by atoms with Crippen LogP contribution in [-0.4, -0.2) is 270 Å². The number of rotatable bonds is 55. The first-order valence-electron chi connectivity index (χ1n) is 34.1. The first-order valence-corrected chi connectivity index (χ1v) is 34.1. The van der Waals surface area contributed by atoms with Crippen LogP contribution in [0.25, 0.3) is 22.3 Å². The molecular weight excluding hydrogens is 1330 g/mol. The predicted molar refractivity (Wildman–Crippen MR) is 356 cm³/mol. The number of hydrogen-bond acceptors (Lipinski definition) is 27. The lowest BCUT2D eigenvalue weighted by Gasteiger charge is -2.25. The molecule has 1 aromatic carbocycles. The van der Waals surface area contributed by atoms with E-state index in [2.05, 4.69) is 26.6 Å². The van der Waals surface area contributed by atoms with Crippen molar-refractivity contribution in [2.24, 2.45) is 11.7 Å². The predicted octanol–water partition coefficient (Wildman–Crippen LogP) is -1.25. The minimum atomic E-state index is -1.64. The summed E-state index contributed by atoms with van der Waals surface area (Å²) in [6, 6.07) is 2.94. The maximum atomic E-state index is 13.7. The summed E-state index contributed by atoms with van der Waals surface area (Å²) in [5.74, 6) is -3.60. The standard InChI is InChI=1S/C67H97N9O25/c1-45(2)61(65(84)73-51(5-3-4-10-68)64(83)71-41-58(79)70-40-48-46-38-54-55(101-44-100-54)39-52(46)72-62-49(48)42-76-53(62)37-47-50(66(76)85)43-99-67(86)63(47)82)74-57(78)9-13-87-15-17-89-19-21-91-23-25-93-27-29-95-31-33-97-35-36-98-34-32-96-30-28-94-26-24-92-22-20-90-18-16-88-14-11-69-56(77)8-12-75-59(80)6-7-60(75)81/h6-7,37-39,45,51,61,63,82H,3-5,8-36,40-44,68H2,1-2H3,(H,69,77)(H,70,79)(H,71,83)(H,73,84)(H,74,78)/t51-,61-,63-/m0/s1. The van der Waals surface area contributed by atoms with Crippen molar-refractivity contribution in [3.63, 3.8) is 0 Å². The van der Waals surface area contributed by atoms with Crippen LogP contribution in [0.1, 0.15) is 74.3 Å². The summed E-state index contributed by atoms with van der Waals surface area (Å²) in [5.41, 5.74) is 8.06. The van der Waals surface area contributed by atoms with Gasteiger partial charge in [-0.3, -0.25) is 43.3 Å². The molecule has 4 aliphatic rings. The summed E-state index contributed by atoms with van der Waals surface area (Å²) in [4.78, 5) is 121. The SMILES string of the molecule is CC(C)[C@H](NC(=O)CCOCCOCCOCCOCCOCCOCCOCCOCCOCCOCCOCCOCCNC(=O)CCN1C(=O)C=CC1=O)C(=O)N[C@@H](CCCCN)C(=O)NCC(=O)NCc1c2c(nc3cc4c(cc13)OCO4)-c1cc3c(c(=O)n1C2)COC(=O)[C@H]3O. The monoisotopic (exact) mass is 1430 g/mol. The number of nitrogens with zero attached hydrogens (tertiary/aromatic N) is 3. The van der Waals surface area contributed by atoms with E-state index in [9.17, 15) is 48.3 Å². The van der Waals surface area contributed by atoms with Crippen LogP contribution in [0.4, 0.5) is 0 Å². The molecule has 3 aromatic rings. The van der Waals surface area contributed by atoms with Crippen molar-refractivity contribution in [2.45, 2.75) is 83.8 Å². The number of carbonyl (C=O) groups is 8. The highest BCUT2D eigenvalue weighted by atomic mass is 16.7. The Balaban J connectivity index is 0.627. The van der Waals surface area contributed by atoms with Crippen LogP contribution in [0.5, 0.6) is 11.5 Å². The zero-order chi connectivity index (χ0) is 72.0. The molecule has 0 bridgehead atoms. The maximum absolute atomic E-state index is 13.7. The van der Waals surface area contributed by atoms with Gasteiger partial charge in [-0.25, -0.2) is 9.78 Å². The fourth-order valence-electron chi connectivity index (χ4n) is 10.5. The number of nitrogens with two attached hydrogens (primary N) is 1. The Labute approximate surface area is 584 Å². The van der Waals surface area contributed by atoms with Crippen LogP contribution in [0.15, 0.2) is 35.1 Å². The third-order valence-corrected chi connectivity index (χ3v) is 15.9. The molecule has 3 atom stereocenters. The van der Waals surface area contributed by atoms with E-state index in [1.54, 1.807) is 32.0 Å². The van der Waals surface area contributed by atoms with Gasteiger partial charge in [-0.05, 0) is 49.4 Å². The lowest BCUT2D eigenvalue weighted by Crippen LogP contribution is -2.56. The van der Waals surface area contributed by atoms with E-state index < -0.39 is 71.7 Å². The van der Waals surface area contributed by atoms with Crippen molar-refractivity contribution in [1.82, 2.24) is 41.0 Å². The topological polar surface area (TPSA) is 420 Å². The molecule has 0 aliphatic carbocycles. The lowest BCUT2D eigenvalue weighted by molar-refractivity contribution is -0.157. The fraction of sp³-hybridized carbons (Fsp3) is 0.642. The number of unbranched alkanes of at least 4 members (excludes halogenated alkanes) is 1. The molecule has 0 fully saturated rings. The van der Waals surface area contributed by atoms with Crippen LogP contribution >= 0.6 is 0 Å². The Kier molecular flexibility index (Phi) is 36.2. The van der Waals surface area contributed by atoms with E-state index in [0.29, 0.717) is 210 Å². The van der Waals surface area contributed by atoms with E-state index in [-0.39, 0.29) is 95.1 Å². The van der Waals surface area contributed by atoms with Crippen LogP contribution in [0.3, 0.4) is 0 Å². The molecule has 4 aliphatic heterocycles. The van der Waals surface area contributed by atoms with E-state index in [4.69, 9.17) is 81.8 Å². The highest BCUT2D eigenvalue weighted by Crippen LogP contribution is 2.42. The molecule has 7 amide bonds. The van der Waals surface area contributed by atoms with E-state index in [1.165, 1.54) is 16.7 Å². The fourth-order valence-corrected chi connectivity index (χ4v) is 10.5. The van der Waals surface area contributed by atoms with Gasteiger partial charge in [0.25, 0.3) is 17.4 Å². The van der Waals surface area contributed by atoms with Gasteiger partial charge in [-0.15, -0.1) is 0 Å². The number of ether oxygens (including phenoxy) is 15. The van der Waals surface area contributed by atoms with Gasteiger partial charge in [0.15, 0.2) is 17.6 Å². The number of aliphatic hydroxyl groups is 1. The second kappa shape index (κ2) is 45.3. The zero-order valence-electron chi connectivity index (χ0n) is 57.5. The largest absolute Gasteiger partial charge is 0.458 e. The van der Waals surface area contributed by atoms with Gasteiger partial charge in [0.1, 0.15) is 18.7 Å². The number of imide groups is 1. The van der Waals surface area contributed by atoms with Crippen molar-refractivity contribution in [2.75, 3.05) is 192 Å². The van der Waals surface area contributed by atoms with Gasteiger partial charge in [0.05, 0.1) is 194 Å². The highest BCUT2D eigenvalue weighted by Gasteiger charge is 2.36. The van der Waals surface area contributed by atoms with Crippen molar-refractivity contribution in [3.8, 4) is 22.9 Å². The third-order valence-electron chi connectivity index (χ3n) is 15.9. The molecular formula is C67H97N9O25. The van der Waals surface area contributed by atoms with Crippen molar-refractivity contribution < 1.29 is 115 Å². The molecule has 0 radical (unpaired) electrons. The summed E-state index contributed by atoms with van der Waals surface area (Å²) >= 11 is 0.